The lowest BCUT2D eigenvalue weighted by atomic mass is 9.91. The van der Waals surface area contributed by atoms with E-state index in [9.17, 15) is 4.79 Å². The Kier molecular flexibility index (Phi) is 2.87. The molecule has 0 spiro atoms. The highest BCUT2D eigenvalue weighted by Crippen LogP contribution is 2.43. The van der Waals surface area contributed by atoms with Crippen LogP contribution in [0.25, 0.3) is 0 Å². The Balaban J connectivity index is 2.12. The predicted octanol–water partition coefficient (Wildman–Crippen LogP) is 2.21. The Morgan fingerprint density at radius 2 is 2.26 bits per heavy atom. The first-order valence-corrected chi connectivity index (χ1v) is 6.69. The van der Waals surface area contributed by atoms with E-state index in [4.69, 9.17) is 10.5 Å². The van der Waals surface area contributed by atoms with Gasteiger partial charge in [0.1, 0.15) is 11.6 Å². The molecule has 1 aliphatic rings. The third-order valence-corrected chi connectivity index (χ3v) is 4.15. The van der Waals surface area contributed by atoms with Crippen LogP contribution in [0, 0.1) is 0 Å². The number of methoxy groups -OCH3 is 1. The van der Waals surface area contributed by atoms with Crippen molar-refractivity contribution in [2.24, 2.45) is 0 Å². The number of carbonyl (C=O) groups is 1. The van der Waals surface area contributed by atoms with Crippen molar-refractivity contribution in [3.63, 3.8) is 0 Å². The molecule has 1 aromatic heterocycles. The smallest absolute Gasteiger partial charge is 0.226 e. The van der Waals surface area contributed by atoms with Crippen molar-refractivity contribution >= 4 is 28.2 Å². The lowest BCUT2D eigenvalue weighted by Gasteiger charge is -2.23. The van der Waals surface area contributed by atoms with Crippen molar-refractivity contribution in [2.45, 2.75) is 12.3 Å². The van der Waals surface area contributed by atoms with Crippen molar-refractivity contribution < 1.29 is 9.53 Å². The fraction of sp³-hybridized carbons (Fsp3) is 0.231. The molecule has 0 unspecified atom stereocenters. The van der Waals surface area contributed by atoms with Crippen LogP contribution in [0.2, 0.25) is 0 Å². The van der Waals surface area contributed by atoms with Crippen molar-refractivity contribution in [1.82, 2.24) is 4.98 Å². The molecular weight excluding hydrogens is 262 g/mol. The SMILES string of the molecule is COc1ccccc1[C@H]1CC(=O)Nc2nc(N)sc21. The fourth-order valence-corrected chi connectivity index (χ4v) is 3.25. The molecular formula is C13H13N3O2S. The molecule has 0 fully saturated rings. The zero-order valence-corrected chi connectivity index (χ0v) is 11.2. The number of fused-ring (bicyclic) bond motifs is 1. The van der Waals surface area contributed by atoms with E-state index in [2.05, 4.69) is 10.3 Å². The van der Waals surface area contributed by atoms with E-state index in [0.29, 0.717) is 17.4 Å². The second-order valence-electron chi connectivity index (χ2n) is 4.31. The summed E-state index contributed by atoms with van der Waals surface area (Å²) in [5, 5.41) is 3.22. The Morgan fingerprint density at radius 1 is 1.47 bits per heavy atom. The molecule has 3 rings (SSSR count). The van der Waals surface area contributed by atoms with Crippen LogP contribution in [0.3, 0.4) is 0 Å². The first-order valence-electron chi connectivity index (χ1n) is 5.88. The number of benzene rings is 1. The van der Waals surface area contributed by atoms with Gasteiger partial charge < -0.3 is 15.8 Å². The summed E-state index contributed by atoms with van der Waals surface area (Å²) >= 11 is 1.41. The summed E-state index contributed by atoms with van der Waals surface area (Å²) in [6.07, 6.45) is 0.384. The molecule has 1 amide bonds. The predicted molar refractivity (Wildman–Crippen MR) is 74.6 cm³/mol. The average molecular weight is 275 g/mol. The minimum Gasteiger partial charge on any atom is -0.496 e. The molecule has 0 saturated heterocycles. The Hall–Kier alpha value is -2.08. The Morgan fingerprint density at radius 3 is 3.05 bits per heavy atom. The molecule has 19 heavy (non-hydrogen) atoms. The van der Waals surface area contributed by atoms with Crippen LogP contribution >= 0.6 is 11.3 Å². The van der Waals surface area contributed by atoms with Gasteiger partial charge in [0.15, 0.2) is 5.13 Å². The summed E-state index contributed by atoms with van der Waals surface area (Å²) in [5.74, 6) is 1.26. The number of para-hydroxylation sites is 1. The van der Waals surface area contributed by atoms with Gasteiger partial charge in [-0.3, -0.25) is 4.79 Å². The minimum absolute atomic E-state index is 0.0466. The van der Waals surface area contributed by atoms with E-state index in [-0.39, 0.29) is 11.8 Å². The second-order valence-corrected chi connectivity index (χ2v) is 5.37. The molecule has 98 valence electrons. The van der Waals surface area contributed by atoms with Crippen LogP contribution in [-0.4, -0.2) is 18.0 Å². The van der Waals surface area contributed by atoms with Gasteiger partial charge in [0.25, 0.3) is 0 Å². The molecule has 0 bridgehead atoms. The highest BCUT2D eigenvalue weighted by atomic mass is 32.1. The topological polar surface area (TPSA) is 77.2 Å². The third-order valence-electron chi connectivity index (χ3n) is 3.15. The van der Waals surface area contributed by atoms with Gasteiger partial charge in [-0.2, -0.15) is 0 Å². The number of thiazole rings is 1. The third kappa shape index (κ3) is 2.04. The highest BCUT2D eigenvalue weighted by molar-refractivity contribution is 7.16. The van der Waals surface area contributed by atoms with Crippen LogP contribution in [0.15, 0.2) is 24.3 Å². The number of amides is 1. The van der Waals surface area contributed by atoms with E-state index >= 15 is 0 Å². The zero-order valence-electron chi connectivity index (χ0n) is 10.3. The highest BCUT2D eigenvalue weighted by Gasteiger charge is 2.31. The number of anilines is 2. The van der Waals surface area contributed by atoms with Gasteiger partial charge >= 0.3 is 0 Å². The average Bonchev–Trinajstić information content (AvgIpc) is 2.77. The molecule has 1 atom stereocenters. The van der Waals surface area contributed by atoms with Gasteiger partial charge in [-0.05, 0) is 6.07 Å². The molecule has 3 N–H and O–H groups in total. The van der Waals surface area contributed by atoms with Gasteiger partial charge in [0.2, 0.25) is 5.91 Å². The quantitative estimate of drug-likeness (QED) is 0.881. The van der Waals surface area contributed by atoms with Gasteiger partial charge in [0.05, 0.1) is 12.0 Å². The maximum atomic E-state index is 11.8. The molecule has 0 aliphatic carbocycles. The van der Waals surface area contributed by atoms with Crippen molar-refractivity contribution in [1.29, 1.82) is 0 Å². The molecule has 6 heteroatoms. The second kappa shape index (κ2) is 4.55. The van der Waals surface area contributed by atoms with Crippen molar-refractivity contribution in [2.75, 3.05) is 18.2 Å². The van der Waals surface area contributed by atoms with Gasteiger partial charge in [-0.15, -0.1) is 0 Å². The van der Waals surface area contributed by atoms with Gasteiger partial charge in [-0.1, -0.05) is 29.5 Å². The summed E-state index contributed by atoms with van der Waals surface area (Å²) in [4.78, 5) is 16.9. The van der Waals surface area contributed by atoms with E-state index in [1.54, 1.807) is 7.11 Å². The van der Waals surface area contributed by atoms with Gasteiger partial charge in [-0.25, -0.2) is 4.98 Å². The number of rotatable bonds is 2. The molecule has 0 saturated carbocycles. The summed E-state index contributed by atoms with van der Waals surface area (Å²) in [6, 6.07) is 7.72. The number of nitrogens with two attached hydrogens (primary N) is 1. The molecule has 1 aromatic carbocycles. The van der Waals surface area contributed by atoms with Crippen molar-refractivity contribution in [3.8, 4) is 5.75 Å². The van der Waals surface area contributed by atoms with Crippen LogP contribution in [0.5, 0.6) is 5.75 Å². The van der Waals surface area contributed by atoms with E-state index in [1.807, 2.05) is 24.3 Å². The largest absolute Gasteiger partial charge is 0.496 e. The normalized spacial score (nSPS) is 17.7. The zero-order chi connectivity index (χ0) is 13.4. The number of nitrogen functional groups attached to an aromatic ring is 1. The van der Waals surface area contributed by atoms with Crippen LogP contribution in [0.4, 0.5) is 10.9 Å². The number of hydrogen-bond donors (Lipinski definition) is 2. The number of carbonyl (C=O) groups excluding carboxylic acids is 1. The standard InChI is InChI=1S/C13H13N3O2S/c1-18-9-5-3-2-4-7(9)8-6-10(17)15-12-11(8)19-13(14)16-12/h2-5,8H,6H2,1H3,(H2,14,16)(H,15,17)/t8-/m1/s1. The maximum Gasteiger partial charge on any atom is 0.226 e. The maximum absolute atomic E-state index is 11.8. The number of aromatic nitrogens is 1. The monoisotopic (exact) mass is 275 g/mol. The number of nitrogens with zero attached hydrogens (tertiary/aromatic N) is 1. The van der Waals surface area contributed by atoms with Crippen LogP contribution < -0.4 is 15.8 Å². The van der Waals surface area contributed by atoms with E-state index in [1.165, 1.54) is 11.3 Å². The van der Waals surface area contributed by atoms with Crippen LogP contribution in [0.1, 0.15) is 22.8 Å². The lowest BCUT2D eigenvalue weighted by Crippen LogP contribution is -2.22. The first-order chi connectivity index (χ1) is 9.19. The molecule has 0 radical (unpaired) electrons. The summed E-state index contributed by atoms with van der Waals surface area (Å²) in [7, 11) is 1.63. The Bertz CT molecular complexity index is 639. The molecule has 1 aliphatic heterocycles. The number of nitrogens with one attached hydrogen (secondary N) is 1. The fourth-order valence-electron chi connectivity index (χ4n) is 2.34. The molecule has 2 aromatic rings. The Labute approximate surface area is 114 Å². The molecule has 5 nitrogen and oxygen atoms in total. The van der Waals surface area contributed by atoms with Crippen LogP contribution in [-0.2, 0) is 4.79 Å². The van der Waals surface area contributed by atoms with Gasteiger partial charge in [0, 0.05) is 17.9 Å². The summed E-state index contributed by atoms with van der Waals surface area (Å²) < 4.78 is 5.38. The van der Waals surface area contributed by atoms with E-state index < -0.39 is 0 Å². The van der Waals surface area contributed by atoms with E-state index in [0.717, 1.165) is 16.2 Å². The number of hydrogen-bond acceptors (Lipinski definition) is 5. The number of ether oxygens (including phenoxy) is 1. The van der Waals surface area contributed by atoms with Crippen molar-refractivity contribution in [3.05, 3.63) is 34.7 Å². The summed E-state index contributed by atoms with van der Waals surface area (Å²) in [5.41, 5.74) is 6.73. The summed E-state index contributed by atoms with van der Waals surface area (Å²) in [6.45, 7) is 0. The molecule has 2 heterocycles. The first kappa shape index (κ1) is 12.0. The lowest BCUT2D eigenvalue weighted by molar-refractivity contribution is -0.116. The minimum atomic E-state index is -0.0475.